The molecule has 1 aromatic heterocycles. The van der Waals surface area contributed by atoms with Gasteiger partial charge in [-0.2, -0.15) is 0 Å². The van der Waals surface area contributed by atoms with Crippen LogP contribution >= 0.6 is 11.8 Å². The molecule has 0 aliphatic heterocycles. The molecule has 0 atom stereocenters. The van der Waals surface area contributed by atoms with Crippen LogP contribution in [-0.2, 0) is 5.75 Å². The minimum Gasteiger partial charge on any atom is -0.478 e. The molecule has 0 saturated heterocycles. The molecule has 2 aromatic rings. The van der Waals surface area contributed by atoms with E-state index in [1.165, 1.54) is 17.9 Å². The molecule has 17 heavy (non-hydrogen) atoms. The Labute approximate surface area is 103 Å². The number of carboxylic acids is 1. The maximum absolute atomic E-state index is 10.9. The molecule has 1 N–H and O–H groups in total. The third-order valence-electron chi connectivity index (χ3n) is 2.37. The van der Waals surface area contributed by atoms with Crippen LogP contribution in [0.2, 0.25) is 0 Å². The normalized spacial score (nSPS) is 10.4. The topological polar surface area (TPSA) is 50.4 Å². The first kappa shape index (κ1) is 11.8. The summed E-state index contributed by atoms with van der Waals surface area (Å²) in [6.45, 7) is 2.03. The van der Waals surface area contributed by atoms with Gasteiger partial charge in [-0.3, -0.25) is 0 Å². The van der Waals surface area contributed by atoms with Gasteiger partial charge in [-0.1, -0.05) is 17.7 Å². The van der Waals surface area contributed by atoms with Crippen LogP contribution < -0.4 is 0 Å². The monoisotopic (exact) mass is 248 g/mol. The van der Waals surface area contributed by atoms with Crippen molar-refractivity contribution in [3.05, 3.63) is 53.5 Å². The number of carbonyl (C=O) groups is 1. The van der Waals surface area contributed by atoms with E-state index >= 15 is 0 Å². The van der Waals surface area contributed by atoms with Crippen molar-refractivity contribution in [1.82, 2.24) is 0 Å². The number of carboxylic acid groups (broad SMARTS) is 1. The van der Waals surface area contributed by atoms with Crippen LogP contribution in [0, 0.1) is 6.92 Å². The van der Waals surface area contributed by atoms with Crippen molar-refractivity contribution in [2.45, 2.75) is 17.6 Å². The van der Waals surface area contributed by atoms with E-state index in [4.69, 9.17) is 9.52 Å². The van der Waals surface area contributed by atoms with Crippen LogP contribution in [0.3, 0.4) is 0 Å². The zero-order chi connectivity index (χ0) is 12.3. The molecule has 0 aliphatic rings. The molecule has 0 saturated carbocycles. The number of rotatable bonds is 4. The molecule has 0 aliphatic carbocycles. The highest BCUT2D eigenvalue weighted by Gasteiger charge is 2.13. The molecule has 2 rings (SSSR count). The largest absolute Gasteiger partial charge is 0.478 e. The molecule has 0 fully saturated rings. The number of thioether (sulfide) groups is 1. The molecule has 88 valence electrons. The Morgan fingerprint density at radius 3 is 2.65 bits per heavy atom. The molecule has 4 heteroatoms. The number of aryl methyl sites for hydroxylation is 1. The van der Waals surface area contributed by atoms with Gasteiger partial charge in [-0.15, -0.1) is 11.8 Å². The first-order valence-corrected chi connectivity index (χ1v) is 6.14. The fourth-order valence-corrected chi connectivity index (χ4v) is 2.28. The Morgan fingerprint density at radius 2 is 2.00 bits per heavy atom. The molecule has 1 aromatic carbocycles. The molecule has 0 unspecified atom stereocenters. The number of hydrogen-bond acceptors (Lipinski definition) is 3. The van der Waals surface area contributed by atoms with Crippen LogP contribution in [0.15, 0.2) is 45.9 Å². The van der Waals surface area contributed by atoms with E-state index in [2.05, 4.69) is 0 Å². The molecule has 0 radical (unpaired) electrons. The van der Waals surface area contributed by atoms with Crippen LogP contribution in [0.25, 0.3) is 0 Å². The van der Waals surface area contributed by atoms with Crippen molar-refractivity contribution in [1.29, 1.82) is 0 Å². The lowest BCUT2D eigenvalue weighted by Crippen LogP contribution is -1.97. The van der Waals surface area contributed by atoms with Crippen molar-refractivity contribution in [3.63, 3.8) is 0 Å². The van der Waals surface area contributed by atoms with Gasteiger partial charge in [-0.25, -0.2) is 4.79 Å². The lowest BCUT2D eigenvalue weighted by Gasteiger charge is -2.01. The third kappa shape index (κ3) is 2.91. The minimum atomic E-state index is -0.946. The molecular formula is C13H12O3S. The summed E-state index contributed by atoms with van der Waals surface area (Å²) in [4.78, 5) is 12.0. The molecular weight excluding hydrogens is 236 g/mol. The van der Waals surface area contributed by atoms with E-state index in [1.54, 1.807) is 11.8 Å². The minimum absolute atomic E-state index is 0.240. The third-order valence-corrected chi connectivity index (χ3v) is 3.38. The van der Waals surface area contributed by atoms with Crippen LogP contribution in [0.4, 0.5) is 0 Å². The van der Waals surface area contributed by atoms with E-state index in [0.29, 0.717) is 11.5 Å². The fraction of sp³-hybridized carbons (Fsp3) is 0.154. The van der Waals surface area contributed by atoms with Gasteiger partial charge in [0.25, 0.3) is 0 Å². The molecule has 0 bridgehead atoms. The van der Waals surface area contributed by atoms with Gasteiger partial charge in [0.1, 0.15) is 11.3 Å². The smallest absolute Gasteiger partial charge is 0.339 e. The summed E-state index contributed by atoms with van der Waals surface area (Å²) in [7, 11) is 0. The average molecular weight is 248 g/mol. The Bertz CT molecular complexity index is 514. The molecule has 3 nitrogen and oxygen atoms in total. The van der Waals surface area contributed by atoms with Crippen LogP contribution in [0.1, 0.15) is 21.7 Å². The van der Waals surface area contributed by atoms with Gasteiger partial charge in [0, 0.05) is 4.90 Å². The first-order chi connectivity index (χ1) is 8.16. The van der Waals surface area contributed by atoms with Crippen molar-refractivity contribution >= 4 is 17.7 Å². The van der Waals surface area contributed by atoms with Gasteiger partial charge >= 0.3 is 5.97 Å². The standard InChI is InChI=1S/C13H12O3S/c1-9-2-4-10(5-3-9)17-8-12-11(13(14)15)6-7-16-12/h2-7H,8H2,1H3,(H,14,15). The van der Waals surface area contributed by atoms with Crippen molar-refractivity contribution in [2.75, 3.05) is 0 Å². The second-order valence-corrected chi connectivity index (χ2v) is 4.71. The van der Waals surface area contributed by atoms with Gasteiger partial charge < -0.3 is 9.52 Å². The highest BCUT2D eigenvalue weighted by atomic mass is 32.2. The lowest BCUT2D eigenvalue weighted by atomic mass is 10.2. The van der Waals surface area contributed by atoms with E-state index in [9.17, 15) is 4.79 Å². The highest BCUT2D eigenvalue weighted by Crippen LogP contribution is 2.25. The van der Waals surface area contributed by atoms with Crippen molar-refractivity contribution in [3.8, 4) is 0 Å². The lowest BCUT2D eigenvalue weighted by molar-refractivity contribution is 0.0695. The van der Waals surface area contributed by atoms with Gasteiger partial charge in [0.15, 0.2) is 0 Å². The summed E-state index contributed by atoms with van der Waals surface area (Å²) >= 11 is 1.56. The summed E-state index contributed by atoms with van der Waals surface area (Å²) in [6.07, 6.45) is 1.41. The zero-order valence-electron chi connectivity index (χ0n) is 9.34. The number of benzene rings is 1. The Kier molecular flexibility index (Phi) is 3.54. The summed E-state index contributed by atoms with van der Waals surface area (Å²) < 4.78 is 5.17. The van der Waals surface area contributed by atoms with E-state index in [1.807, 2.05) is 31.2 Å². The predicted molar refractivity (Wildman–Crippen MR) is 66.4 cm³/mol. The van der Waals surface area contributed by atoms with Gasteiger partial charge in [0.05, 0.1) is 12.0 Å². The maximum Gasteiger partial charge on any atom is 0.339 e. The van der Waals surface area contributed by atoms with E-state index in [-0.39, 0.29) is 5.56 Å². The number of furan rings is 1. The second-order valence-electron chi connectivity index (χ2n) is 3.66. The fourth-order valence-electron chi connectivity index (χ4n) is 1.43. The van der Waals surface area contributed by atoms with E-state index < -0.39 is 5.97 Å². The number of aromatic carboxylic acids is 1. The predicted octanol–water partition coefficient (Wildman–Crippen LogP) is 3.58. The SMILES string of the molecule is Cc1ccc(SCc2occc2C(=O)O)cc1. The Balaban J connectivity index is 2.05. The molecule has 0 spiro atoms. The average Bonchev–Trinajstić information content (AvgIpc) is 2.76. The first-order valence-electron chi connectivity index (χ1n) is 5.16. The van der Waals surface area contributed by atoms with Gasteiger partial charge in [-0.05, 0) is 25.1 Å². The summed E-state index contributed by atoms with van der Waals surface area (Å²) in [5, 5.41) is 8.92. The molecule has 0 amide bonds. The van der Waals surface area contributed by atoms with Crippen LogP contribution in [-0.4, -0.2) is 11.1 Å². The van der Waals surface area contributed by atoms with Crippen LogP contribution in [0.5, 0.6) is 0 Å². The summed E-state index contributed by atoms with van der Waals surface area (Å²) in [6, 6.07) is 9.57. The molecule has 1 heterocycles. The Hall–Kier alpha value is -1.68. The summed E-state index contributed by atoms with van der Waals surface area (Å²) in [5.41, 5.74) is 1.45. The maximum atomic E-state index is 10.9. The second kappa shape index (κ2) is 5.10. The van der Waals surface area contributed by atoms with Crippen molar-refractivity contribution < 1.29 is 14.3 Å². The highest BCUT2D eigenvalue weighted by molar-refractivity contribution is 7.98. The quantitative estimate of drug-likeness (QED) is 0.840. The van der Waals surface area contributed by atoms with Gasteiger partial charge in [0.2, 0.25) is 0 Å². The van der Waals surface area contributed by atoms with Crippen molar-refractivity contribution in [2.24, 2.45) is 0 Å². The Morgan fingerprint density at radius 1 is 1.29 bits per heavy atom. The zero-order valence-corrected chi connectivity index (χ0v) is 10.2. The summed E-state index contributed by atoms with van der Waals surface area (Å²) in [5.74, 6) is 0.0823. The number of hydrogen-bond donors (Lipinski definition) is 1. The van der Waals surface area contributed by atoms with E-state index in [0.717, 1.165) is 4.90 Å².